The highest BCUT2D eigenvalue weighted by Gasteiger charge is 2.47. The summed E-state index contributed by atoms with van der Waals surface area (Å²) >= 11 is 0. The number of aliphatic hydroxyl groups is 1. The van der Waals surface area contributed by atoms with E-state index in [9.17, 15) is 14.7 Å². The predicted molar refractivity (Wildman–Crippen MR) is 187 cm³/mol. The summed E-state index contributed by atoms with van der Waals surface area (Å²) in [4.78, 5) is 26.6. The second-order valence-electron chi connectivity index (χ2n) is 12.7. The van der Waals surface area contributed by atoms with Crippen LogP contribution in [0.25, 0.3) is 0 Å². The Hall–Kier alpha value is -4.14. The molecule has 0 radical (unpaired) electrons. The van der Waals surface area contributed by atoms with Gasteiger partial charge in [-0.3, -0.25) is 4.79 Å². The van der Waals surface area contributed by atoms with Crippen LogP contribution in [-0.4, -0.2) is 68.0 Å². The van der Waals surface area contributed by atoms with Gasteiger partial charge in [0.2, 0.25) is 5.91 Å². The lowest BCUT2D eigenvalue weighted by Gasteiger charge is -2.41. The second kappa shape index (κ2) is 17.9. The number of rotatable bonds is 18. The highest BCUT2D eigenvalue weighted by molar-refractivity contribution is 5.81. The molecule has 1 N–H and O–H groups in total. The first-order valence-corrected chi connectivity index (χ1v) is 17.0. The number of aliphatic hydroxyl groups excluding tert-OH is 1. The van der Waals surface area contributed by atoms with Gasteiger partial charge in [0.15, 0.2) is 0 Å². The zero-order chi connectivity index (χ0) is 34.4. The van der Waals surface area contributed by atoms with Crippen LogP contribution in [-0.2, 0) is 24.7 Å². The van der Waals surface area contributed by atoms with Crippen LogP contribution in [0.3, 0.4) is 0 Å². The van der Waals surface area contributed by atoms with Gasteiger partial charge in [-0.15, -0.1) is 0 Å². The molecule has 1 aliphatic heterocycles. The number of hydrogen-bond donors (Lipinski definition) is 1. The van der Waals surface area contributed by atoms with E-state index in [1.165, 1.54) is 13.2 Å². The summed E-state index contributed by atoms with van der Waals surface area (Å²) in [5.74, 6) is 1.21. The van der Waals surface area contributed by atoms with Crippen molar-refractivity contribution in [3.05, 3.63) is 108 Å². The number of esters is 1. The van der Waals surface area contributed by atoms with Gasteiger partial charge >= 0.3 is 5.97 Å². The highest BCUT2D eigenvalue weighted by Crippen LogP contribution is 2.43. The molecule has 1 aliphatic rings. The number of hydrogen-bond acceptors (Lipinski definition) is 7. The van der Waals surface area contributed by atoms with Crippen LogP contribution in [0.5, 0.6) is 11.5 Å². The molecular weight excluding hydrogens is 606 g/mol. The number of benzene rings is 3. The molecule has 8 heteroatoms. The first-order chi connectivity index (χ1) is 23.3. The smallest absolute Gasteiger partial charge is 0.330 e. The summed E-state index contributed by atoms with van der Waals surface area (Å²) in [6.45, 7) is 2.53. The third kappa shape index (κ3) is 9.26. The first kappa shape index (κ1) is 36.7. The minimum atomic E-state index is -1.01. The van der Waals surface area contributed by atoms with E-state index in [2.05, 4.69) is 16.9 Å². The maximum atomic E-state index is 13.7. The van der Waals surface area contributed by atoms with E-state index >= 15 is 0 Å². The topological polar surface area (TPSA) is 94.5 Å². The summed E-state index contributed by atoms with van der Waals surface area (Å²) in [5, 5.41) is 10.8. The van der Waals surface area contributed by atoms with Gasteiger partial charge in [0.05, 0.1) is 39.6 Å². The Balaban J connectivity index is 1.48. The van der Waals surface area contributed by atoms with Gasteiger partial charge in [-0.25, -0.2) is 4.79 Å². The van der Waals surface area contributed by atoms with E-state index in [4.69, 9.17) is 14.2 Å². The Labute approximate surface area is 285 Å². The molecule has 2 atom stereocenters. The molecule has 1 fully saturated rings. The molecule has 1 amide bonds. The summed E-state index contributed by atoms with van der Waals surface area (Å²) in [6, 6.07) is 25.9. The molecule has 1 saturated heterocycles. The molecule has 3 aromatic carbocycles. The number of nitrogens with zero attached hydrogens (tertiary/aromatic N) is 1. The number of unbranched alkanes of at least 4 members (excludes halogenated alkanes) is 6. The fraction of sp³-hybridized carbons (Fsp3) is 0.450. The number of ether oxygens (including phenoxy) is 4. The summed E-state index contributed by atoms with van der Waals surface area (Å²) < 4.78 is 22.7. The van der Waals surface area contributed by atoms with Crippen molar-refractivity contribution in [2.45, 2.75) is 82.0 Å². The van der Waals surface area contributed by atoms with E-state index in [0.29, 0.717) is 19.4 Å². The Bertz CT molecular complexity index is 1410. The number of carbonyl (C=O) groups is 2. The van der Waals surface area contributed by atoms with Crippen molar-refractivity contribution in [2.75, 3.05) is 34.5 Å². The maximum absolute atomic E-state index is 13.7. The Morgan fingerprint density at radius 1 is 0.812 bits per heavy atom. The Morgan fingerprint density at radius 3 is 1.92 bits per heavy atom. The molecule has 4 rings (SSSR count). The van der Waals surface area contributed by atoms with Gasteiger partial charge in [0.1, 0.15) is 17.1 Å². The van der Waals surface area contributed by atoms with Crippen LogP contribution in [0.4, 0.5) is 0 Å². The van der Waals surface area contributed by atoms with Crippen LogP contribution < -0.4 is 9.47 Å². The molecule has 0 spiro atoms. The SMILES string of the molecule is COC(=O)C=CCCCCCCCCC(=O)N1C[C@H](O)C[C@@]1(C)COC(c1ccccc1)(c1ccc(OC)cc1)c1ccc(OC)cc1. The maximum Gasteiger partial charge on any atom is 0.330 e. The molecule has 0 aromatic heterocycles. The normalized spacial score (nSPS) is 17.9. The molecular formula is C40H51NO7. The van der Waals surface area contributed by atoms with Gasteiger partial charge in [0, 0.05) is 25.5 Å². The molecule has 1 heterocycles. The number of methoxy groups -OCH3 is 3. The van der Waals surface area contributed by atoms with Gasteiger partial charge in [-0.2, -0.15) is 0 Å². The van der Waals surface area contributed by atoms with E-state index in [0.717, 1.165) is 73.1 Å². The molecule has 0 bridgehead atoms. The second-order valence-corrected chi connectivity index (χ2v) is 12.7. The van der Waals surface area contributed by atoms with E-state index in [1.54, 1.807) is 14.2 Å². The lowest BCUT2D eigenvalue weighted by molar-refractivity contribution is -0.139. The highest BCUT2D eigenvalue weighted by atomic mass is 16.5. The van der Waals surface area contributed by atoms with Crippen molar-refractivity contribution in [1.29, 1.82) is 0 Å². The average Bonchev–Trinajstić information content (AvgIpc) is 3.43. The zero-order valence-electron chi connectivity index (χ0n) is 28.9. The van der Waals surface area contributed by atoms with Crippen LogP contribution in [0.1, 0.15) is 81.4 Å². The Kier molecular flexibility index (Phi) is 13.6. The van der Waals surface area contributed by atoms with Gasteiger partial charge in [-0.1, -0.05) is 86.4 Å². The third-order valence-corrected chi connectivity index (χ3v) is 9.26. The Morgan fingerprint density at radius 2 is 1.35 bits per heavy atom. The molecule has 0 unspecified atom stereocenters. The van der Waals surface area contributed by atoms with Crippen LogP contribution in [0.2, 0.25) is 0 Å². The third-order valence-electron chi connectivity index (χ3n) is 9.26. The number of likely N-dealkylation sites (tertiary alicyclic amines) is 1. The van der Waals surface area contributed by atoms with Gasteiger partial charge in [0.25, 0.3) is 0 Å². The zero-order valence-corrected chi connectivity index (χ0v) is 28.9. The van der Waals surface area contributed by atoms with E-state index in [-0.39, 0.29) is 18.5 Å². The quantitative estimate of drug-likeness (QED) is 0.0669. The standard InChI is InChI=1S/C40H51NO7/c1-39(28-34(42)29-41(39)37(43)18-14-9-7-5-6-8-10-15-19-38(44)47-4)30-48-40(31-16-12-11-13-17-31,32-20-24-35(45-2)25-21-32)33-22-26-36(46-3)27-23-33/h11-13,15-17,19-27,34,42H,5-10,14,18,28-30H2,1-4H3/t34-,39+/m1/s1. The minimum Gasteiger partial charge on any atom is -0.497 e. The minimum absolute atomic E-state index is 0.0461. The van der Waals surface area contributed by atoms with Crippen molar-refractivity contribution in [1.82, 2.24) is 4.90 Å². The monoisotopic (exact) mass is 657 g/mol. The molecule has 3 aromatic rings. The first-order valence-electron chi connectivity index (χ1n) is 17.0. The van der Waals surface area contributed by atoms with Crippen molar-refractivity contribution in [3.8, 4) is 11.5 Å². The molecule has 8 nitrogen and oxygen atoms in total. The lowest BCUT2D eigenvalue weighted by Crippen LogP contribution is -2.50. The summed E-state index contributed by atoms with van der Waals surface area (Å²) in [6.07, 6.45) is 10.4. The number of β-amino-alcohol motifs (C(OH)–C–C–N with tert-alkyl or cyclic N) is 1. The number of amides is 1. The van der Waals surface area contributed by atoms with Crippen molar-refractivity contribution < 1.29 is 33.6 Å². The van der Waals surface area contributed by atoms with Crippen LogP contribution in [0, 0.1) is 0 Å². The van der Waals surface area contributed by atoms with E-state index in [1.807, 2.05) is 84.6 Å². The average molecular weight is 658 g/mol. The largest absolute Gasteiger partial charge is 0.497 e. The molecule has 258 valence electrons. The van der Waals surface area contributed by atoms with Crippen molar-refractivity contribution in [3.63, 3.8) is 0 Å². The molecule has 0 saturated carbocycles. The lowest BCUT2D eigenvalue weighted by atomic mass is 9.79. The van der Waals surface area contributed by atoms with E-state index < -0.39 is 17.2 Å². The fourth-order valence-corrected chi connectivity index (χ4v) is 6.62. The van der Waals surface area contributed by atoms with Crippen LogP contribution in [0.15, 0.2) is 91.0 Å². The summed E-state index contributed by atoms with van der Waals surface area (Å²) in [5.41, 5.74) is 1.06. The number of allylic oxidation sites excluding steroid dienone is 1. The van der Waals surface area contributed by atoms with Gasteiger partial charge in [-0.05, 0) is 67.1 Å². The van der Waals surface area contributed by atoms with Crippen LogP contribution >= 0.6 is 0 Å². The van der Waals surface area contributed by atoms with Crippen molar-refractivity contribution >= 4 is 11.9 Å². The number of carbonyl (C=O) groups excluding carboxylic acids is 2. The summed E-state index contributed by atoms with van der Waals surface area (Å²) in [7, 11) is 4.67. The molecule has 48 heavy (non-hydrogen) atoms. The van der Waals surface area contributed by atoms with Crippen molar-refractivity contribution in [2.24, 2.45) is 0 Å². The fourth-order valence-electron chi connectivity index (χ4n) is 6.62. The predicted octanol–water partition coefficient (Wildman–Crippen LogP) is 7.21. The van der Waals surface area contributed by atoms with Gasteiger partial charge < -0.3 is 29.0 Å². The molecule has 0 aliphatic carbocycles.